The summed E-state index contributed by atoms with van der Waals surface area (Å²) in [5.41, 5.74) is 1.56. The Labute approximate surface area is 125 Å². The van der Waals surface area contributed by atoms with E-state index < -0.39 is 0 Å². The average molecular weight is 326 g/mol. The van der Waals surface area contributed by atoms with Crippen molar-refractivity contribution in [1.82, 2.24) is 5.32 Å². The molecule has 0 amide bonds. The highest BCUT2D eigenvalue weighted by molar-refractivity contribution is 9.10. The molecule has 1 saturated carbocycles. The van der Waals surface area contributed by atoms with Gasteiger partial charge in [-0.2, -0.15) is 0 Å². The number of para-hydroxylation sites is 1. The van der Waals surface area contributed by atoms with E-state index in [1.807, 2.05) is 6.07 Å². The Morgan fingerprint density at radius 3 is 2.68 bits per heavy atom. The molecule has 0 saturated heterocycles. The normalized spacial score (nSPS) is 15.6. The van der Waals surface area contributed by atoms with Crippen molar-refractivity contribution in [2.75, 3.05) is 6.61 Å². The van der Waals surface area contributed by atoms with Crippen LogP contribution in [0.3, 0.4) is 0 Å². The number of hydrogen-bond acceptors (Lipinski definition) is 2. The Morgan fingerprint density at radius 1 is 1.32 bits per heavy atom. The lowest BCUT2D eigenvalue weighted by molar-refractivity contribution is 0.240. The summed E-state index contributed by atoms with van der Waals surface area (Å²) in [5, 5.41) is 3.55. The zero-order valence-electron chi connectivity index (χ0n) is 12.1. The number of rotatable bonds is 6. The second-order valence-electron chi connectivity index (χ2n) is 6.54. The molecule has 1 aromatic rings. The average Bonchev–Trinajstić information content (AvgIpc) is 3.11. The van der Waals surface area contributed by atoms with Crippen molar-refractivity contribution in [3.63, 3.8) is 0 Å². The lowest BCUT2D eigenvalue weighted by Crippen LogP contribution is -2.17. The molecule has 0 aromatic heterocycles. The van der Waals surface area contributed by atoms with E-state index in [2.05, 4.69) is 54.2 Å². The fourth-order valence-corrected chi connectivity index (χ4v) is 2.38. The summed E-state index contributed by atoms with van der Waals surface area (Å²) in [6.45, 7) is 8.39. The first-order chi connectivity index (χ1) is 8.96. The van der Waals surface area contributed by atoms with Crippen molar-refractivity contribution in [3.8, 4) is 5.75 Å². The van der Waals surface area contributed by atoms with E-state index in [0.717, 1.165) is 35.8 Å². The topological polar surface area (TPSA) is 21.3 Å². The van der Waals surface area contributed by atoms with Crippen LogP contribution in [0.25, 0.3) is 0 Å². The molecule has 19 heavy (non-hydrogen) atoms. The van der Waals surface area contributed by atoms with E-state index in [1.54, 1.807) is 0 Å². The van der Waals surface area contributed by atoms with Crippen LogP contribution in [0.5, 0.6) is 5.75 Å². The minimum atomic E-state index is 0.313. The number of hydrogen-bond donors (Lipinski definition) is 1. The number of halogens is 1. The van der Waals surface area contributed by atoms with Gasteiger partial charge in [0.15, 0.2) is 0 Å². The van der Waals surface area contributed by atoms with Crippen molar-refractivity contribution < 1.29 is 4.74 Å². The SMILES string of the molecule is CC(C)(C)CCOc1c(Br)cccc1CNC1CC1. The van der Waals surface area contributed by atoms with Gasteiger partial charge in [0, 0.05) is 18.2 Å². The molecule has 0 bridgehead atoms. The summed E-state index contributed by atoms with van der Waals surface area (Å²) in [6.07, 6.45) is 3.69. The van der Waals surface area contributed by atoms with E-state index in [0.29, 0.717) is 5.41 Å². The van der Waals surface area contributed by atoms with Crippen LogP contribution >= 0.6 is 15.9 Å². The Morgan fingerprint density at radius 2 is 2.05 bits per heavy atom. The third-order valence-corrected chi connectivity index (χ3v) is 3.93. The van der Waals surface area contributed by atoms with Crippen molar-refractivity contribution in [2.45, 2.75) is 52.6 Å². The minimum Gasteiger partial charge on any atom is -0.492 e. The van der Waals surface area contributed by atoms with Crippen LogP contribution in [-0.2, 0) is 6.54 Å². The molecule has 1 aliphatic carbocycles. The van der Waals surface area contributed by atoms with Gasteiger partial charge in [-0.05, 0) is 46.7 Å². The molecule has 1 aliphatic rings. The molecule has 106 valence electrons. The predicted molar refractivity (Wildman–Crippen MR) is 83.6 cm³/mol. The van der Waals surface area contributed by atoms with Gasteiger partial charge in [0.05, 0.1) is 11.1 Å². The van der Waals surface area contributed by atoms with Crippen molar-refractivity contribution >= 4 is 15.9 Å². The molecule has 0 spiro atoms. The summed E-state index contributed by atoms with van der Waals surface area (Å²) >= 11 is 3.60. The maximum Gasteiger partial charge on any atom is 0.137 e. The van der Waals surface area contributed by atoms with Gasteiger partial charge in [0.2, 0.25) is 0 Å². The zero-order valence-corrected chi connectivity index (χ0v) is 13.7. The molecule has 1 N–H and O–H groups in total. The molecule has 0 unspecified atom stereocenters. The van der Waals surface area contributed by atoms with E-state index in [9.17, 15) is 0 Å². The molecule has 2 nitrogen and oxygen atoms in total. The molecule has 0 atom stereocenters. The molecule has 1 fully saturated rings. The molecular formula is C16H24BrNO. The summed E-state index contributed by atoms with van der Waals surface area (Å²) < 4.78 is 7.06. The van der Waals surface area contributed by atoms with E-state index in [4.69, 9.17) is 4.74 Å². The van der Waals surface area contributed by atoms with Crippen LogP contribution < -0.4 is 10.1 Å². The molecule has 3 heteroatoms. The standard InChI is InChI=1S/C16H24BrNO/c1-16(2,3)9-10-19-15-12(5-4-6-14(15)17)11-18-13-7-8-13/h4-6,13,18H,7-11H2,1-3H3. The van der Waals surface area contributed by atoms with Crippen molar-refractivity contribution in [3.05, 3.63) is 28.2 Å². The highest BCUT2D eigenvalue weighted by Gasteiger charge is 2.21. The van der Waals surface area contributed by atoms with Crippen LogP contribution in [0, 0.1) is 5.41 Å². The number of ether oxygens (including phenoxy) is 1. The van der Waals surface area contributed by atoms with Gasteiger partial charge in [0.25, 0.3) is 0 Å². The van der Waals surface area contributed by atoms with Gasteiger partial charge in [-0.3, -0.25) is 0 Å². The molecule has 2 rings (SSSR count). The first-order valence-electron chi connectivity index (χ1n) is 7.09. The lowest BCUT2D eigenvalue weighted by Gasteiger charge is -2.20. The first kappa shape index (κ1) is 14.9. The highest BCUT2D eigenvalue weighted by atomic mass is 79.9. The summed E-state index contributed by atoms with van der Waals surface area (Å²) in [5.74, 6) is 1.000. The summed E-state index contributed by atoms with van der Waals surface area (Å²) in [7, 11) is 0. The summed E-state index contributed by atoms with van der Waals surface area (Å²) in [6, 6.07) is 6.99. The van der Waals surface area contributed by atoms with Gasteiger partial charge in [-0.15, -0.1) is 0 Å². The third-order valence-electron chi connectivity index (χ3n) is 3.31. The second-order valence-corrected chi connectivity index (χ2v) is 7.40. The lowest BCUT2D eigenvalue weighted by atomic mass is 9.93. The van der Waals surface area contributed by atoms with Gasteiger partial charge in [-0.25, -0.2) is 0 Å². The van der Waals surface area contributed by atoms with Gasteiger partial charge >= 0.3 is 0 Å². The van der Waals surface area contributed by atoms with Crippen LogP contribution in [0.15, 0.2) is 22.7 Å². The van der Waals surface area contributed by atoms with Gasteiger partial charge in [0.1, 0.15) is 5.75 Å². The summed E-state index contributed by atoms with van der Waals surface area (Å²) in [4.78, 5) is 0. The van der Waals surface area contributed by atoms with Crippen LogP contribution in [0.4, 0.5) is 0 Å². The van der Waals surface area contributed by atoms with Crippen molar-refractivity contribution in [1.29, 1.82) is 0 Å². The van der Waals surface area contributed by atoms with Gasteiger partial charge in [-0.1, -0.05) is 32.9 Å². The Hall–Kier alpha value is -0.540. The fourth-order valence-electron chi connectivity index (χ4n) is 1.86. The Balaban J connectivity index is 1.95. The van der Waals surface area contributed by atoms with E-state index in [1.165, 1.54) is 18.4 Å². The van der Waals surface area contributed by atoms with Crippen LogP contribution in [0.1, 0.15) is 45.6 Å². The largest absolute Gasteiger partial charge is 0.492 e. The third kappa shape index (κ3) is 5.15. The number of nitrogens with one attached hydrogen (secondary N) is 1. The highest BCUT2D eigenvalue weighted by Crippen LogP contribution is 2.31. The predicted octanol–water partition coefficient (Wildman–Crippen LogP) is 4.52. The second kappa shape index (κ2) is 6.27. The molecule has 1 aromatic carbocycles. The first-order valence-corrected chi connectivity index (χ1v) is 7.88. The van der Waals surface area contributed by atoms with Gasteiger partial charge < -0.3 is 10.1 Å². The zero-order chi connectivity index (χ0) is 13.9. The maximum absolute atomic E-state index is 6.01. The molecule has 0 aliphatic heterocycles. The molecule has 0 radical (unpaired) electrons. The van der Waals surface area contributed by atoms with Crippen LogP contribution in [0.2, 0.25) is 0 Å². The quantitative estimate of drug-likeness (QED) is 0.830. The van der Waals surface area contributed by atoms with Crippen LogP contribution in [-0.4, -0.2) is 12.6 Å². The van der Waals surface area contributed by atoms with E-state index >= 15 is 0 Å². The number of benzene rings is 1. The smallest absolute Gasteiger partial charge is 0.137 e. The fraction of sp³-hybridized carbons (Fsp3) is 0.625. The molecule has 0 heterocycles. The minimum absolute atomic E-state index is 0.313. The monoisotopic (exact) mass is 325 g/mol. The van der Waals surface area contributed by atoms with E-state index in [-0.39, 0.29) is 0 Å². The maximum atomic E-state index is 6.01. The Bertz CT molecular complexity index is 421. The molecular weight excluding hydrogens is 302 g/mol. The van der Waals surface area contributed by atoms with Crippen molar-refractivity contribution in [2.24, 2.45) is 5.41 Å². The Kier molecular flexibility index (Phi) is 4.91.